The zero-order valence-electron chi connectivity index (χ0n) is 12.9. The summed E-state index contributed by atoms with van der Waals surface area (Å²) in [4.78, 5) is 4.62. The van der Waals surface area contributed by atoms with Crippen LogP contribution in [0.4, 0.5) is 0 Å². The summed E-state index contributed by atoms with van der Waals surface area (Å²) in [5.41, 5.74) is 5.46. The van der Waals surface area contributed by atoms with Crippen LogP contribution in [0.25, 0.3) is 0 Å². The Balaban J connectivity index is 2.15. The fraction of sp³-hybridized carbons (Fsp3) is 0.786. The van der Waals surface area contributed by atoms with Gasteiger partial charge in [-0.25, -0.2) is 0 Å². The fourth-order valence-electron chi connectivity index (χ4n) is 2.24. The topological polar surface area (TPSA) is 66.1 Å². The zero-order chi connectivity index (χ0) is 14.8. The van der Waals surface area contributed by atoms with E-state index in [0.717, 1.165) is 25.9 Å². The summed E-state index contributed by atoms with van der Waals surface area (Å²) in [6.45, 7) is 8.85. The third kappa shape index (κ3) is 3.24. The highest BCUT2D eigenvalue weighted by molar-refractivity contribution is 6.84. The number of hydrogen-bond acceptors (Lipinski definition) is 5. The summed E-state index contributed by atoms with van der Waals surface area (Å²) >= 11 is 0. The van der Waals surface area contributed by atoms with Gasteiger partial charge in [-0.3, -0.25) is 4.99 Å². The van der Waals surface area contributed by atoms with Gasteiger partial charge >= 0.3 is 7.12 Å². The molecule has 2 rings (SSSR count). The molecule has 2 fully saturated rings. The summed E-state index contributed by atoms with van der Waals surface area (Å²) in [5, 5.41) is 0. The van der Waals surface area contributed by atoms with Crippen molar-refractivity contribution in [1.29, 1.82) is 0 Å². The Labute approximate surface area is 121 Å². The lowest BCUT2D eigenvalue weighted by molar-refractivity contribution is 0.00578. The summed E-state index contributed by atoms with van der Waals surface area (Å²) < 4.78 is 17.7. The summed E-state index contributed by atoms with van der Waals surface area (Å²) in [7, 11) is -0.495. The average Bonchev–Trinajstić information content (AvgIpc) is 2.59. The van der Waals surface area contributed by atoms with E-state index in [2.05, 4.69) is 4.99 Å². The highest BCUT2D eigenvalue weighted by Gasteiger charge is 2.52. The standard InChI is InChI=1S/C14H25BN2O3/c1-13(2)14(3,4)20-15(19-13)11(8-9-16)17-12-7-5-6-10-18-12/h8-9,12H,5-7,10,16H2,1-4H3/b9-8-,17-11-. The average molecular weight is 280 g/mol. The second-order valence-corrected chi connectivity index (χ2v) is 6.32. The van der Waals surface area contributed by atoms with E-state index in [1.54, 1.807) is 6.08 Å². The quantitative estimate of drug-likeness (QED) is 0.634. The Bertz CT molecular complexity index is 385. The van der Waals surface area contributed by atoms with Crippen molar-refractivity contribution < 1.29 is 14.0 Å². The van der Waals surface area contributed by atoms with Gasteiger partial charge in [-0.15, -0.1) is 0 Å². The molecule has 0 spiro atoms. The second-order valence-electron chi connectivity index (χ2n) is 6.32. The number of allylic oxidation sites excluding steroid dienone is 1. The number of nitrogens with two attached hydrogens (primary N) is 1. The predicted octanol–water partition coefficient (Wildman–Crippen LogP) is 2.06. The zero-order valence-corrected chi connectivity index (χ0v) is 12.9. The molecule has 6 heteroatoms. The van der Waals surface area contributed by atoms with Gasteiger partial charge in [-0.1, -0.05) is 0 Å². The second kappa shape index (κ2) is 5.88. The molecular weight excluding hydrogens is 255 g/mol. The molecule has 2 aliphatic heterocycles. The van der Waals surface area contributed by atoms with Crippen LogP contribution in [-0.4, -0.2) is 36.8 Å². The Morgan fingerprint density at radius 3 is 2.35 bits per heavy atom. The van der Waals surface area contributed by atoms with Crippen LogP contribution in [0.5, 0.6) is 0 Å². The number of aliphatic imine (C=N–C) groups is 1. The molecule has 2 aliphatic rings. The van der Waals surface area contributed by atoms with Crippen molar-refractivity contribution in [1.82, 2.24) is 0 Å². The molecule has 20 heavy (non-hydrogen) atoms. The third-order valence-corrected chi connectivity index (χ3v) is 4.21. The van der Waals surface area contributed by atoms with Gasteiger partial charge in [0.05, 0.1) is 16.8 Å². The van der Waals surface area contributed by atoms with Crippen molar-refractivity contribution >= 4 is 12.7 Å². The fourth-order valence-corrected chi connectivity index (χ4v) is 2.24. The van der Waals surface area contributed by atoms with Gasteiger partial charge in [0.2, 0.25) is 0 Å². The first kappa shape index (κ1) is 15.5. The molecule has 0 amide bonds. The van der Waals surface area contributed by atoms with E-state index in [4.69, 9.17) is 19.8 Å². The van der Waals surface area contributed by atoms with Gasteiger partial charge in [0.15, 0.2) is 0 Å². The first-order valence-electron chi connectivity index (χ1n) is 7.29. The molecule has 0 aromatic heterocycles. The molecule has 0 bridgehead atoms. The first-order valence-corrected chi connectivity index (χ1v) is 7.29. The van der Waals surface area contributed by atoms with E-state index in [0.29, 0.717) is 5.61 Å². The van der Waals surface area contributed by atoms with Crippen LogP contribution < -0.4 is 5.73 Å². The van der Waals surface area contributed by atoms with Crippen LogP contribution in [0.1, 0.15) is 47.0 Å². The van der Waals surface area contributed by atoms with Crippen LogP contribution in [0.2, 0.25) is 0 Å². The summed E-state index contributed by atoms with van der Waals surface area (Å²) in [6.07, 6.45) is 6.25. The van der Waals surface area contributed by atoms with Crippen molar-refractivity contribution in [3.8, 4) is 0 Å². The van der Waals surface area contributed by atoms with E-state index >= 15 is 0 Å². The van der Waals surface area contributed by atoms with Crippen LogP contribution >= 0.6 is 0 Å². The SMILES string of the molecule is CC1(C)OB(C(/C=C\N)=N\C2CCCCO2)OC1(C)C. The highest BCUT2D eigenvalue weighted by atomic mass is 16.7. The van der Waals surface area contributed by atoms with E-state index in [-0.39, 0.29) is 17.4 Å². The Kier molecular flexibility index (Phi) is 4.57. The molecule has 2 N–H and O–H groups in total. The molecule has 2 heterocycles. The molecule has 5 nitrogen and oxygen atoms in total. The van der Waals surface area contributed by atoms with Crippen molar-refractivity contribution in [2.75, 3.05) is 6.61 Å². The highest BCUT2D eigenvalue weighted by Crippen LogP contribution is 2.37. The Morgan fingerprint density at radius 2 is 1.85 bits per heavy atom. The van der Waals surface area contributed by atoms with Gasteiger partial charge in [0.1, 0.15) is 6.23 Å². The van der Waals surface area contributed by atoms with Gasteiger partial charge in [-0.05, 0) is 59.2 Å². The summed E-state index contributed by atoms with van der Waals surface area (Å²) in [5.74, 6) is 0. The molecule has 0 aromatic carbocycles. The monoisotopic (exact) mass is 280 g/mol. The van der Waals surface area contributed by atoms with E-state index < -0.39 is 7.12 Å². The van der Waals surface area contributed by atoms with Crippen LogP contribution in [0, 0.1) is 0 Å². The molecule has 0 aromatic rings. The molecule has 0 saturated carbocycles. The molecule has 1 unspecified atom stereocenters. The lowest BCUT2D eigenvalue weighted by Crippen LogP contribution is -2.41. The van der Waals surface area contributed by atoms with Gasteiger partial charge < -0.3 is 19.8 Å². The molecular formula is C14H25BN2O3. The minimum Gasteiger partial charge on any atom is -0.405 e. The maximum atomic E-state index is 6.00. The lowest BCUT2D eigenvalue weighted by atomic mass is 9.81. The third-order valence-electron chi connectivity index (χ3n) is 4.21. The van der Waals surface area contributed by atoms with E-state index in [1.807, 2.05) is 27.7 Å². The molecule has 0 aliphatic carbocycles. The van der Waals surface area contributed by atoms with Crippen LogP contribution in [-0.2, 0) is 14.0 Å². The minimum atomic E-state index is -0.495. The van der Waals surface area contributed by atoms with Crippen molar-refractivity contribution in [2.45, 2.75) is 64.4 Å². The van der Waals surface area contributed by atoms with Crippen molar-refractivity contribution in [2.24, 2.45) is 10.7 Å². The maximum absolute atomic E-state index is 6.00. The van der Waals surface area contributed by atoms with E-state index in [9.17, 15) is 0 Å². The van der Waals surface area contributed by atoms with Gasteiger partial charge in [0.25, 0.3) is 0 Å². The number of nitrogens with zero attached hydrogens (tertiary/aromatic N) is 1. The van der Waals surface area contributed by atoms with E-state index in [1.165, 1.54) is 6.20 Å². The summed E-state index contributed by atoms with van der Waals surface area (Å²) in [6, 6.07) is 0. The number of rotatable bonds is 3. The predicted molar refractivity (Wildman–Crippen MR) is 80.4 cm³/mol. The van der Waals surface area contributed by atoms with Crippen LogP contribution in [0.3, 0.4) is 0 Å². The largest absolute Gasteiger partial charge is 0.514 e. The Hall–Kier alpha value is -0.845. The lowest BCUT2D eigenvalue weighted by Gasteiger charge is -2.32. The van der Waals surface area contributed by atoms with Crippen LogP contribution in [0.15, 0.2) is 17.3 Å². The molecule has 1 atom stereocenters. The first-order chi connectivity index (χ1) is 9.36. The molecule has 2 saturated heterocycles. The maximum Gasteiger partial charge on any atom is 0.514 e. The number of hydrogen-bond donors (Lipinski definition) is 1. The van der Waals surface area contributed by atoms with Crippen molar-refractivity contribution in [3.63, 3.8) is 0 Å². The molecule has 0 radical (unpaired) electrons. The minimum absolute atomic E-state index is 0.117. The van der Waals surface area contributed by atoms with Gasteiger partial charge in [0, 0.05) is 6.61 Å². The smallest absolute Gasteiger partial charge is 0.405 e. The van der Waals surface area contributed by atoms with Gasteiger partial charge in [-0.2, -0.15) is 0 Å². The number of ether oxygens (including phenoxy) is 1. The normalized spacial score (nSPS) is 30.1. The van der Waals surface area contributed by atoms with Crippen molar-refractivity contribution in [3.05, 3.63) is 12.3 Å². The Morgan fingerprint density at radius 1 is 1.20 bits per heavy atom. The molecule has 112 valence electrons.